The SMILES string of the molecule is Cc1cc(C)cc(N(CCCC(=O)N(Cc2ccc(F)cc2)[C@@H](C)C(=O)NC2CCCC2)S(C)(=O)=O)c1. The summed E-state index contributed by atoms with van der Waals surface area (Å²) in [6, 6.07) is 10.9. The van der Waals surface area contributed by atoms with E-state index in [4.69, 9.17) is 0 Å². The molecule has 0 bridgehead atoms. The number of aryl methyl sites for hydroxylation is 2. The van der Waals surface area contributed by atoms with Crippen molar-refractivity contribution < 1.29 is 22.4 Å². The van der Waals surface area contributed by atoms with E-state index in [1.54, 1.807) is 19.1 Å². The van der Waals surface area contributed by atoms with Gasteiger partial charge in [0.2, 0.25) is 21.8 Å². The number of hydrogen-bond acceptors (Lipinski definition) is 4. The van der Waals surface area contributed by atoms with Crippen LogP contribution in [0.5, 0.6) is 0 Å². The van der Waals surface area contributed by atoms with E-state index in [0.717, 1.165) is 43.1 Å². The summed E-state index contributed by atoms with van der Waals surface area (Å²) in [6.07, 6.45) is 5.54. The van der Waals surface area contributed by atoms with Crippen LogP contribution in [-0.2, 0) is 26.2 Å². The van der Waals surface area contributed by atoms with Crippen molar-refractivity contribution in [2.75, 3.05) is 17.1 Å². The van der Waals surface area contributed by atoms with Crippen LogP contribution in [0.15, 0.2) is 42.5 Å². The fraction of sp³-hybridized carbons (Fsp3) is 0.500. The zero-order chi connectivity index (χ0) is 27.2. The van der Waals surface area contributed by atoms with Gasteiger partial charge in [-0.25, -0.2) is 12.8 Å². The van der Waals surface area contributed by atoms with Crippen molar-refractivity contribution in [1.82, 2.24) is 10.2 Å². The van der Waals surface area contributed by atoms with Gasteiger partial charge in [0.05, 0.1) is 11.9 Å². The van der Waals surface area contributed by atoms with Gasteiger partial charge in [0, 0.05) is 25.6 Å². The Kier molecular flexibility index (Phi) is 9.70. The minimum Gasteiger partial charge on any atom is -0.352 e. The molecule has 1 fully saturated rings. The number of amides is 2. The molecule has 2 aromatic carbocycles. The number of halogens is 1. The Balaban J connectivity index is 1.73. The predicted octanol–water partition coefficient (Wildman–Crippen LogP) is 4.46. The molecule has 7 nitrogen and oxygen atoms in total. The van der Waals surface area contributed by atoms with Crippen molar-refractivity contribution in [3.05, 3.63) is 65.0 Å². The van der Waals surface area contributed by atoms with Gasteiger partial charge in [0.1, 0.15) is 11.9 Å². The number of sulfonamides is 1. The normalized spacial score (nSPS) is 14.8. The predicted molar refractivity (Wildman–Crippen MR) is 144 cm³/mol. The topological polar surface area (TPSA) is 86.8 Å². The van der Waals surface area contributed by atoms with Crippen LogP contribution < -0.4 is 9.62 Å². The molecule has 9 heteroatoms. The lowest BCUT2D eigenvalue weighted by molar-refractivity contribution is -0.141. The number of carbonyl (C=O) groups is 2. The summed E-state index contributed by atoms with van der Waals surface area (Å²) in [6.45, 7) is 5.81. The van der Waals surface area contributed by atoms with Gasteiger partial charge >= 0.3 is 0 Å². The number of rotatable bonds is 11. The minimum atomic E-state index is -3.56. The summed E-state index contributed by atoms with van der Waals surface area (Å²) >= 11 is 0. The molecule has 202 valence electrons. The third-order valence-corrected chi connectivity index (χ3v) is 7.98. The van der Waals surface area contributed by atoms with E-state index in [0.29, 0.717) is 11.3 Å². The van der Waals surface area contributed by atoms with Crippen LogP contribution in [0.2, 0.25) is 0 Å². The number of benzene rings is 2. The molecule has 2 amide bonds. The fourth-order valence-corrected chi connectivity index (χ4v) is 5.81. The van der Waals surface area contributed by atoms with Crippen LogP contribution in [0, 0.1) is 19.7 Å². The lowest BCUT2D eigenvalue weighted by Gasteiger charge is -2.30. The van der Waals surface area contributed by atoms with Crippen LogP contribution in [-0.4, -0.2) is 50.0 Å². The van der Waals surface area contributed by atoms with Crippen molar-refractivity contribution in [2.45, 2.75) is 77.9 Å². The molecule has 2 aromatic rings. The van der Waals surface area contributed by atoms with Crippen LogP contribution >= 0.6 is 0 Å². The molecule has 0 spiro atoms. The quantitative estimate of drug-likeness (QED) is 0.464. The second-order valence-electron chi connectivity index (χ2n) is 10.1. The van der Waals surface area contributed by atoms with Gasteiger partial charge in [0.25, 0.3) is 0 Å². The maximum absolute atomic E-state index is 13.4. The van der Waals surface area contributed by atoms with E-state index in [1.165, 1.54) is 21.3 Å². The van der Waals surface area contributed by atoms with E-state index in [2.05, 4.69) is 5.32 Å². The van der Waals surface area contributed by atoms with Gasteiger partial charge in [0.15, 0.2) is 0 Å². The third kappa shape index (κ3) is 8.28. The molecule has 0 saturated heterocycles. The average molecular weight is 532 g/mol. The molecule has 37 heavy (non-hydrogen) atoms. The maximum atomic E-state index is 13.4. The van der Waals surface area contributed by atoms with E-state index in [1.807, 2.05) is 32.0 Å². The highest BCUT2D eigenvalue weighted by Gasteiger charge is 2.28. The highest BCUT2D eigenvalue weighted by atomic mass is 32.2. The summed E-state index contributed by atoms with van der Waals surface area (Å²) in [7, 11) is -3.56. The zero-order valence-electron chi connectivity index (χ0n) is 22.2. The van der Waals surface area contributed by atoms with Crippen molar-refractivity contribution in [1.29, 1.82) is 0 Å². The van der Waals surface area contributed by atoms with E-state index >= 15 is 0 Å². The summed E-state index contributed by atoms with van der Waals surface area (Å²) in [4.78, 5) is 27.9. The lowest BCUT2D eigenvalue weighted by Crippen LogP contribution is -2.49. The molecule has 1 N–H and O–H groups in total. The molecule has 0 aliphatic heterocycles. The number of carbonyl (C=O) groups excluding carboxylic acids is 2. The van der Waals surface area contributed by atoms with Crippen LogP contribution in [0.25, 0.3) is 0 Å². The van der Waals surface area contributed by atoms with Crippen LogP contribution in [0.3, 0.4) is 0 Å². The molecule has 1 atom stereocenters. The molecule has 1 aliphatic rings. The fourth-order valence-electron chi connectivity index (χ4n) is 4.86. The Morgan fingerprint density at radius 1 is 1.05 bits per heavy atom. The average Bonchev–Trinajstić information content (AvgIpc) is 3.32. The van der Waals surface area contributed by atoms with E-state index in [-0.39, 0.29) is 49.6 Å². The van der Waals surface area contributed by atoms with Gasteiger partial charge in [-0.15, -0.1) is 0 Å². The molecule has 1 saturated carbocycles. The van der Waals surface area contributed by atoms with Crippen molar-refractivity contribution in [3.8, 4) is 0 Å². The van der Waals surface area contributed by atoms with Crippen molar-refractivity contribution in [3.63, 3.8) is 0 Å². The smallest absolute Gasteiger partial charge is 0.242 e. The lowest BCUT2D eigenvalue weighted by atomic mass is 10.1. The molecular formula is C28H38FN3O4S. The monoisotopic (exact) mass is 531 g/mol. The van der Waals surface area contributed by atoms with Gasteiger partial charge < -0.3 is 10.2 Å². The maximum Gasteiger partial charge on any atom is 0.242 e. The number of nitrogens with one attached hydrogen (secondary N) is 1. The summed E-state index contributed by atoms with van der Waals surface area (Å²) in [5.74, 6) is -0.844. The van der Waals surface area contributed by atoms with E-state index in [9.17, 15) is 22.4 Å². The second kappa shape index (κ2) is 12.5. The largest absolute Gasteiger partial charge is 0.352 e. The first-order valence-electron chi connectivity index (χ1n) is 12.8. The Bertz CT molecular complexity index is 1170. The molecule has 0 aromatic heterocycles. The first kappa shape index (κ1) is 28.6. The van der Waals surface area contributed by atoms with Gasteiger partial charge in [-0.05, 0) is 81.0 Å². The van der Waals surface area contributed by atoms with Crippen LogP contribution in [0.1, 0.15) is 62.1 Å². The first-order chi connectivity index (χ1) is 17.4. The van der Waals surface area contributed by atoms with Gasteiger partial charge in [-0.3, -0.25) is 13.9 Å². The Morgan fingerprint density at radius 2 is 1.65 bits per heavy atom. The van der Waals surface area contributed by atoms with Crippen molar-refractivity contribution in [2.24, 2.45) is 0 Å². The highest BCUT2D eigenvalue weighted by molar-refractivity contribution is 7.92. The summed E-state index contributed by atoms with van der Waals surface area (Å²) in [5.41, 5.74) is 3.18. The summed E-state index contributed by atoms with van der Waals surface area (Å²) < 4.78 is 39.8. The zero-order valence-corrected chi connectivity index (χ0v) is 23.0. The first-order valence-corrected chi connectivity index (χ1v) is 14.7. The van der Waals surface area contributed by atoms with Gasteiger partial charge in [-0.1, -0.05) is 31.0 Å². The number of hydrogen-bond donors (Lipinski definition) is 1. The van der Waals surface area contributed by atoms with Gasteiger partial charge in [-0.2, -0.15) is 0 Å². The molecule has 0 radical (unpaired) electrons. The third-order valence-electron chi connectivity index (χ3n) is 6.78. The summed E-state index contributed by atoms with van der Waals surface area (Å²) in [5, 5.41) is 3.05. The highest BCUT2D eigenvalue weighted by Crippen LogP contribution is 2.23. The molecule has 0 unspecified atom stereocenters. The molecular weight excluding hydrogens is 493 g/mol. The number of nitrogens with zero attached hydrogens (tertiary/aromatic N) is 2. The Labute approximate surface area is 220 Å². The molecule has 0 heterocycles. The molecule has 1 aliphatic carbocycles. The van der Waals surface area contributed by atoms with E-state index < -0.39 is 16.1 Å². The minimum absolute atomic E-state index is 0.0685. The second-order valence-corrected chi connectivity index (χ2v) is 12.0. The Morgan fingerprint density at radius 3 is 2.22 bits per heavy atom. The van der Waals surface area contributed by atoms with Crippen molar-refractivity contribution >= 4 is 27.5 Å². The molecule has 3 rings (SSSR count). The standard InChI is InChI=1S/C28H38FN3O4S/c1-20-16-21(2)18-26(17-20)32(37(4,35)36)15-7-10-27(33)31(19-23-11-13-24(29)14-12-23)22(3)28(34)30-25-8-5-6-9-25/h11-14,16-18,22,25H,5-10,15,19H2,1-4H3,(H,30,34)/t22-/m0/s1. The number of anilines is 1. The van der Waals surface area contributed by atoms with Crippen LogP contribution in [0.4, 0.5) is 10.1 Å². The Hall–Kier alpha value is -2.94.